The van der Waals surface area contributed by atoms with Crippen LogP contribution >= 0.6 is 27.3 Å². The second kappa shape index (κ2) is 6.15. The maximum atomic E-state index is 10.2. The lowest BCUT2D eigenvalue weighted by molar-refractivity contribution is 0.00540. The van der Waals surface area contributed by atoms with Gasteiger partial charge in [0.1, 0.15) is 0 Å². The lowest BCUT2D eigenvalue weighted by Crippen LogP contribution is -2.42. The predicted octanol–water partition coefficient (Wildman–Crippen LogP) is 3.40. The maximum absolute atomic E-state index is 10.2. The molecular formula is C12H20BrNOS. The summed E-state index contributed by atoms with van der Waals surface area (Å²) >= 11 is 5.16. The van der Waals surface area contributed by atoms with Crippen LogP contribution in [0.15, 0.2) is 15.9 Å². The summed E-state index contributed by atoms with van der Waals surface area (Å²) in [5.74, 6) is 0.315. The molecule has 0 saturated carbocycles. The second-order valence-corrected chi connectivity index (χ2v) is 7.02. The van der Waals surface area contributed by atoms with E-state index in [1.807, 2.05) is 6.92 Å². The van der Waals surface area contributed by atoms with E-state index in [1.54, 1.807) is 11.3 Å². The highest BCUT2D eigenvalue weighted by atomic mass is 79.9. The Bertz CT molecular complexity index is 325. The third kappa shape index (κ3) is 4.17. The topological polar surface area (TPSA) is 32.3 Å². The smallest absolute Gasteiger partial charge is 0.0768 e. The molecule has 16 heavy (non-hydrogen) atoms. The van der Waals surface area contributed by atoms with Crippen LogP contribution in [-0.4, -0.2) is 17.3 Å². The van der Waals surface area contributed by atoms with E-state index in [4.69, 9.17) is 0 Å². The van der Waals surface area contributed by atoms with Gasteiger partial charge in [-0.2, -0.15) is 0 Å². The van der Waals surface area contributed by atoms with Crippen molar-refractivity contribution < 1.29 is 5.11 Å². The van der Waals surface area contributed by atoms with E-state index in [9.17, 15) is 5.11 Å². The Morgan fingerprint density at radius 2 is 2.25 bits per heavy atom. The minimum absolute atomic E-state index is 0.315. The number of halogens is 1. The zero-order valence-electron chi connectivity index (χ0n) is 10.1. The average Bonchev–Trinajstić information content (AvgIpc) is 2.62. The van der Waals surface area contributed by atoms with Crippen LogP contribution in [0.25, 0.3) is 0 Å². The van der Waals surface area contributed by atoms with Gasteiger partial charge in [-0.3, -0.25) is 0 Å². The molecule has 2 N–H and O–H groups in total. The van der Waals surface area contributed by atoms with Crippen molar-refractivity contribution in [1.29, 1.82) is 0 Å². The van der Waals surface area contributed by atoms with Crippen molar-refractivity contribution in [3.8, 4) is 0 Å². The Morgan fingerprint density at radius 3 is 2.75 bits per heavy atom. The fraction of sp³-hybridized carbons (Fsp3) is 0.667. The third-order valence-corrected chi connectivity index (χ3v) is 4.71. The molecule has 0 bridgehead atoms. The van der Waals surface area contributed by atoms with Crippen LogP contribution in [-0.2, 0) is 6.54 Å². The number of nitrogens with one attached hydrogen (secondary N) is 1. The van der Waals surface area contributed by atoms with Crippen LogP contribution in [0.5, 0.6) is 0 Å². The first-order valence-corrected chi connectivity index (χ1v) is 7.24. The molecule has 1 aromatic rings. The molecule has 2 nitrogen and oxygen atoms in total. The molecule has 0 saturated heterocycles. The molecule has 0 aliphatic carbocycles. The number of thiophene rings is 1. The van der Waals surface area contributed by atoms with Crippen molar-refractivity contribution in [3.05, 3.63) is 20.8 Å². The van der Waals surface area contributed by atoms with Crippen molar-refractivity contribution in [2.45, 2.75) is 39.3 Å². The van der Waals surface area contributed by atoms with Gasteiger partial charge in [0.15, 0.2) is 0 Å². The highest BCUT2D eigenvalue weighted by Crippen LogP contribution is 2.22. The molecule has 0 amide bonds. The van der Waals surface area contributed by atoms with E-state index >= 15 is 0 Å². The quantitative estimate of drug-likeness (QED) is 0.844. The summed E-state index contributed by atoms with van der Waals surface area (Å²) in [4.78, 5) is 1.28. The Labute approximate surface area is 110 Å². The van der Waals surface area contributed by atoms with Crippen LogP contribution < -0.4 is 5.32 Å². The predicted molar refractivity (Wildman–Crippen MR) is 73.8 cm³/mol. The van der Waals surface area contributed by atoms with Gasteiger partial charge in [-0.05, 0) is 40.9 Å². The molecule has 92 valence electrons. The van der Waals surface area contributed by atoms with Gasteiger partial charge in [-0.15, -0.1) is 11.3 Å². The van der Waals surface area contributed by atoms with Gasteiger partial charge >= 0.3 is 0 Å². The van der Waals surface area contributed by atoms with Gasteiger partial charge in [-0.25, -0.2) is 0 Å². The number of rotatable bonds is 6. The Kier molecular flexibility index (Phi) is 5.44. The molecule has 4 heteroatoms. The first-order chi connectivity index (χ1) is 7.45. The summed E-state index contributed by atoms with van der Waals surface area (Å²) in [7, 11) is 0. The minimum Gasteiger partial charge on any atom is -0.389 e. The molecular weight excluding hydrogens is 286 g/mol. The average molecular weight is 306 g/mol. The van der Waals surface area contributed by atoms with Gasteiger partial charge in [-0.1, -0.05) is 20.3 Å². The Balaban J connectivity index is 2.35. The van der Waals surface area contributed by atoms with Crippen molar-refractivity contribution in [3.63, 3.8) is 0 Å². The lowest BCUT2D eigenvalue weighted by atomic mass is 9.89. The maximum Gasteiger partial charge on any atom is 0.0768 e. The largest absolute Gasteiger partial charge is 0.389 e. The van der Waals surface area contributed by atoms with Crippen LogP contribution in [0.2, 0.25) is 0 Å². The van der Waals surface area contributed by atoms with Gasteiger partial charge in [0, 0.05) is 18.0 Å². The molecule has 1 heterocycles. The molecule has 0 fully saturated rings. The first kappa shape index (κ1) is 14.2. The summed E-state index contributed by atoms with van der Waals surface area (Å²) in [6.45, 7) is 7.55. The second-order valence-electron chi connectivity index (χ2n) is 4.48. The molecule has 2 atom stereocenters. The number of aliphatic hydroxyl groups is 1. The van der Waals surface area contributed by atoms with E-state index in [-0.39, 0.29) is 0 Å². The lowest BCUT2D eigenvalue weighted by Gasteiger charge is -2.29. The first-order valence-electron chi connectivity index (χ1n) is 5.63. The normalized spacial score (nSPS) is 17.1. The minimum atomic E-state index is -0.622. The summed E-state index contributed by atoms with van der Waals surface area (Å²) in [6, 6.07) is 4.15. The van der Waals surface area contributed by atoms with Gasteiger partial charge in [0.25, 0.3) is 0 Å². The summed E-state index contributed by atoms with van der Waals surface area (Å²) in [6.07, 6.45) is 0.999. The summed E-state index contributed by atoms with van der Waals surface area (Å²) in [5.41, 5.74) is -0.622. The molecule has 0 spiro atoms. The summed E-state index contributed by atoms with van der Waals surface area (Å²) in [5, 5.41) is 13.5. The van der Waals surface area contributed by atoms with Crippen molar-refractivity contribution in [2.24, 2.45) is 5.92 Å². The zero-order chi connectivity index (χ0) is 12.2. The molecule has 2 unspecified atom stereocenters. The van der Waals surface area contributed by atoms with E-state index in [2.05, 4.69) is 47.2 Å². The molecule has 0 aromatic carbocycles. The Morgan fingerprint density at radius 1 is 1.56 bits per heavy atom. The molecule has 0 aliphatic heterocycles. The van der Waals surface area contributed by atoms with Crippen LogP contribution in [0.1, 0.15) is 32.1 Å². The fourth-order valence-corrected chi connectivity index (χ4v) is 2.95. The standard InChI is InChI=1S/C12H20BrNOS/c1-4-9(2)12(3,15)8-14-7-10-5-6-11(13)16-10/h5-6,9,14-15H,4,7-8H2,1-3H3. The highest BCUT2D eigenvalue weighted by molar-refractivity contribution is 9.11. The summed E-state index contributed by atoms with van der Waals surface area (Å²) < 4.78 is 1.15. The highest BCUT2D eigenvalue weighted by Gasteiger charge is 2.26. The Hall–Kier alpha value is 0.1000. The van der Waals surface area contributed by atoms with Crippen LogP contribution in [0.4, 0.5) is 0 Å². The SMILES string of the molecule is CCC(C)C(C)(O)CNCc1ccc(Br)s1. The van der Waals surface area contributed by atoms with Crippen molar-refractivity contribution in [2.75, 3.05) is 6.54 Å². The van der Waals surface area contributed by atoms with Gasteiger partial charge < -0.3 is 10.4 Å². The molecule has 0 aliphatic rings. The monoisotopic (exact) mass is 305 g/mol. The molecule has 1 aromatic heterocycles. The van der Waals surface area contributed by atoms with Gasteiger partial charge in [0.05, 0.1) is 9.39 Å². The van der Waals surface area contributed by atoms with Crippen molar-refractivity contribution >= 4 is 27.3 Å². The molecule has 0 radical (unpaired) electrons. The molecule has 1 rings (SSSR count). The van der Waals surface area contributed by atoms with Crippen molar-refractivity contribution in [1.82, 2.24) is 5.32 Å². The zero-order valence-corrected chi connectivity index (χ0v) is 12.5. The van der Waals surface area contributed by atoms with Crippen LogP contribution in [0.3, 0.4) is 0 Å². The third-order valence-electron chi connectivity index (χ3n) is 3.09. The number of hydrogen-bond acceptors (Lipinski definition) is 3. The number of hydrogen-bond donors (Lipinski definition) is 2. The van der Waals surface area contributed by atoms with E-state index in [1.165, 1.54) is 4.88 Å². The fourth-order valence-electron chi connectivity index (χ4n) is 1.50. The van der Waals surface area contributed by atoms with Gasteiger partial charge in [0.2, 0.25) is 0 Å². The van der Waals surface area contributed by atoms with E-state index in [0.29, 0.717) is 12.5 Å². The van der Waals surface area contributed by atoms with E-state index < -0.39 is 5.60 Å². The van der Waals surface area contributed by atoms with Crippen LogP contribution in [0, 0.1) is 5.92 Å². The van der Waals surface area contributed by atoms with E-state index in [0.717, 1.165) is 16.8 Å².